The van der Waals surface area contributed by atoms with Crippen LogP contribution in [-0.2, 0) is 15.1 Å². The molecule has 0 bridgehead atoms. The van der Waals surface area contributed by atoms with Gasteiger partial charge in [0.2, 0.25) is 11.8 Å². The third kappa shape index (κ3) is 3.53. The SMILES string of the molecule is CC1=C(c2nc3c4cnn(C(C)(C(=O)NCC5(O)COC5)c5ccccc5)c4nc(N)n3n2)NC#CN1. The second-order valence-corrected chi connectivity index (χ2v) is 9.27. The molecule has 0 aliphatic carbocycles. The molecule has 1 fully saturated rings. The highest BCUT2D eigenvalue weighted by Crippen LogP contribution is 2.31. The third-order valence-corrected chi connectivity index (χ3v) is 6.65. The molecule has 37 heavy (non-hydrogen) atoms. The summed E-state index contributed by atoms with van der Waals surface area (Å²) in [5, 5.41) is 28.9. The van der Waals surface area contributed by atoms with Crippen molar-refractivity contribution >= 4 is 34.2 Å². The topological polar surface area (TPSA) is 170 Å². The standard InChI is InChI=1S/C24H24N10O3/c1-14-17(27-9-8-26-14)18-30-19-16-10-29-34(20(16)31-22(25)33(19)32-18)23(2,15-6-4-3-5-7-15)21(35)28-11-24(36)12-37-13-24/h3-7,10,26-27,36H,11-13H2,1-2H3,(H2,25,31)(H,28,35). The molecular formula is C24H24N10O3. The van der Waals surface area contributed by atoms with Crippen LogP contribution < -0.4 is 21.7 Å². The summed E-state index contributed by atoms with van der Waals surface area (Å²) in [6, 6.07) is 14.7. The Labute approximate surface area is 210 Å². The molecule has 188 valence electrons. The van der Waals surface area contributed by atoms with Gasteiger partial charge in [-0.2, -0.15) is 14.6 Å². The number of hydrogen-bond donors (Lipinski definition) is 5. The van der Waals surface area contributed by atoms with Gasteiger partial charge >= 0.3 is 0 Å². The number of ether oxygens (including phenoxy) is 1. The number of aromatic nitrogens is 6. The summed E-state index contributed by atoms with van der Waals surface area (Å²) in [4.78, 5) is 23.0. The van der Waals surface area contributed by atoms with Gasteiger partial charge in [0.05, 0.1) is 31.3 Å². The van der Waals surface area contributed by atoms with Gasteiger partial charge in [-0.05, 0) is 19.4 Å². The zero-order valence-corrected chi connectivity index (χ0v) is 20.1. The van der Waals surface area contributed by atoms with E-state index in [1.807, 2.05) is 37.3 Å². The average molecular weight is 501 g/mol. The number of nitrogens with two attached hydrogens (primary N) is 1. The van der Waals surface area contributed by atoms with Crippen LogP contribution in [0, 0.1) is 12.1 Å². The largest absolute Gasteiger partial charge is 0.383 e. The summed E-state index contributed by atoms with van der Waals surface area (Å²) in [5.41, 5.74) is 6.74. The normalized spacial score (nSPS) is 17.8. The molecule has 6 rings (SSSR count). The van der Waals surface area contributed by atoms with E-state index in [4.69, 9.17) is 10.5 Å². The first-order valence-corrected chi connectivity index (χ1v) is 11.6. The lowest BCUT2D eigenvalue weighted by Gasteiger charge is -2.37. The van der Waals surface area contributed by atoms with E-state index < -0.39 is 11.1 Å². The Hall–Kier alpha value is -4.67. The predicted molar refractivity (Wildman–Crippen MR) is 133 cm³/mol. The van der Waals surface area contributed by atoms with Crippen molar-refractivity contribution in [3.63, 3.8) is 0 Å². The molecule has 1 amide bonds. The Bertz CT molecular complexity index is 1640. The number of nitrogens with one attached hydrogen (secondary N) is 3. The molecule has 3 aromatic heterocycles. The first-order valence-electron chi connectivity index (χ1n) is 11.6. The first kappa shape index (κ1) is 22.8. The third-order valence-electron chi connectivity index (χ3n) is 6.65. The summed E-state index contributed by atoms with van der Waals surface area (Å²) in [6.07, 6.45) is 1.59. The van der Waals surface area contributed by atoms with Gasteiger partial charge in [-0.15, -0.1) is 5.10 Å². The maximum absolute atomic E-state index is 13.7. The second-order valence-electron chi connectivity index (χ2n) is 9.27. The smallest absolute Gasteiger partial charge is 0.252 e. The van der Waals surface area contributed by atoms with E-state index in [-0.39, 0.29) is 31.6 Å². The molecule has 6 N–H and O–H groups in total. The summed E-state index contributed by atoms with van der Waals surface area (Å²) in [5.74, 6) is 0.0865. The molecular weight excluding hydrogens is 476 g/mol. The minimum atomic E-state index is -1.33. The van der Waals surface area contributed by atoms with Crippen LogP contribution in [0.5, 0.6) is 0 Å². The number of carbonyl (C=O) groups excluding carboxylic acids is 1. The number of rotatable bonds is 6. The molecule has 1 atom stereocenters. The molecule has 1 saturated heterocycles. The van der Waals surface area contributed by atoms with Gasteiger partial charge in [-0.1, -0.05) is 30.3 Å². The van der Waals surface area contributed by atoms with Crippen LogP contribution in [0.2, 0.25) is 0 Å². The van der Waals surface area contributed by atoms with E-state index in [1.54, 1.807) is 13.1 Å². The van der Waals surface area contributed by atoms with E-state index in [0.717, 1.165) is 5.70 Å². The Morgan fingerprint density at radius 3 is 2.70 bits per heavy atom. The zero-order valence-electron chi connectivity index (χ0n) is 20.1. The summed E-state index contributed by atoms with van der Waals surface area (Å²) >= 11 is 0. The molecule has 0 radical (unpaired) electrons. The van der Waals surface area contributed by atoms with Gasteiger partial charge in [0, 0.05) is 17.8 Å². The minimum Gasteiger partial charge on any atom is -0.383 e. The van der Waals surface area contributed by atoms with Gasteiger partial charge in [-0.3, -0.25) is 4.79 Å². The van der Waals surface area contributed by atoms with E-state index in [9.17, 15) is 9.90 Å². The quantitative estimate of drug-likeness (QED) is 0.218. The summed E-state index contributed by atoms with van der Waals surface area (Å²) in [6.45, 7) is 3.97. The highest BCUT2D eigenvalue weighted by molar-refractivity contribution is 5.94. The molecule has 0 spiro atoms. The number of fused-ring (bicyclic) bond motifs is 3. The van der Waals surface area contributed by atoms with Gasteiger partial charge in [0.15, 0.2) is 16.8 Å². The molecule has 2 aliphatic rings. The Balaban J connectivity index is 1.49. The summed E-state index contributed by atoms with van der Waals surface area (Å²) in [7, 11) is 0. The Morgan fingerprint density at radius 2 is 2.00 bits per heavy atom. The van der Waals surface area contributed by atoms with Crippen LogP contribution >= 0.6 is 0 Å². The van der Waals surface area contributed by atoms with E-state index >= 15 is 0 Å². The number of carbonyl (C=O) groups is 1. The molecule has 13 heteroatoms. The van der Waals surface area contributed by atoms with Gasteiger partial charge in [0.25, 0.3) is 5.91 Å². The highest BCUT2D eigenvalue weighted by Gasteiger charge is 2.43. The van der Waals surface area contributed by atoms with E-state index in [0.29, 0.717) is 33.8 Å². The van der Waals surface area contributed by atoms with Gasteiger partial charge < -0.3 is 31.5 Å². The van der Waals surface area contributed by atoms with Crippen LogP contribution in [-0.4, -0.2) is 65.7 Å². The number of nitrogen functional groups attached to an aromatic ring is 1. The maximum Gasteiger partial charge on any atom is 0.252 e. The maximum atomic E-state index is 13.7. The number of benzene rings is 1. The molecule has 0 saturated carbocycles. The van der Waals surface area contributed by atoms with Gasteiger partial charge in [-0.25, -0.2) is 9.67 Å². The molecule has 13 nitrogen and oxygen atoms in total. The fraction of sp³-hybridized carbons (Fsp3) is 0.292. The van der Waals surface area contributed by atoms with Crippen LogP contribution in [0.3, 0.4) is 0 Å². The fourth-order valence-electron chi connectivity index (χ4n) is 4.41. The first-order chi connectivity index (χ1) is 17.8. The molecule has 5 heterocycles. The zero-order chi connectivity index (χ0) is 25.8. The Kier molecular flexibility index (Phi) is 5.04. The lowest BCUT2D eigenvalue weighted by molar-refractivity contribution is -0.176. The number of hydrogen-bond acceptors (Lipinski definition) is 10. The second kappa shape index (κ2) is 8.19. The van der Waals surface area contributed by atoms with E-state index in [2.05, 4.69) is 48.2 Å². The van der Waals surface area contributed by atoms with Crippen molar-refractivity contribution in [1.82, 2.24) is 45.3 Å². The van der Waals surface area contributed by atoms with Crippen molar-refractivity contribution in [2.45, 2.75) is 25.0 Å². The molecule has 1 unspecified atom stereocenters. The van der Waals surface area contributed by atoms with Crippen LogP contribution in [0.4, 0.5) is 5.95 Å². The van der Waals surface area contributed by atoms with Crippen LogP contribution in [0.25, 0.3) is 22.4 Å². The average Bonchev–Trinajstić information content (AvgIpc) is 3.52. The van der Waals surface area contributed by atoms with Crippen LogP contribution in [0.1, 0.15) is 25.2 Å². The lowest BCUT2D eigenvalue weighted by Crippen LogP contribution is -2.59. The fourth-order valence-corrected chi connectivity index (χ4v) is 4.41. The minimum absolute atomic E-state index is 0.0409. The number of amides is 1. The van der Waals surface area contributed by atoms with Crippen molar-refractivity contribution in [3.8, 4) is 12.1 Å². The molecule has 1 aromatic carbocycles. The molecule has 2 aliphatic heterocycles. The van der Waals surface area contributed by atoms with Crippen molar-refractivity contribution in [2.75, 3.05) is 25.5 Å². The van der Waals surface area contributed by atoms with Crippen molar-refractivity contribution in [3.05, 3.63) is 53.6 Å². The monoisotopic (exact) mass is 500 g/mol. The number of allylic oxidation sites excluding steroid dienone is 1. The van der Waals surface area contributed by atoms with Crippen molar-refractivity contribution in [1.29, 1.82) is 0 Å². The van der Waals surface area contributed by atoms with Crippen molar-refractivity contribution < 1.29 is 14.6 Å². The van der Waals surface area contributed by atoms with Crippen molar-refractivity contribution in [2.24, 2.45) is 0 Å². The number of nitrogens with zero attached hydrogens (tertiary/aromatic N) is 6. The molecule has 4 aromatic rings. The van der Waals surface area contributed by atoms with Gasteiger partial charge in [0.1, 0.15) is 11.3 Å². The highest BCUT2D eigenvalue weighted by atomic mass is 16.5. The summed E-state index contributed by atoms with van der Waals surface area (Å²) < 4.78 is 8.05. The lowest BCUT2D eigenvalue weighted by atomic mass is 9.90. The number of aliphatic hydroxyl groups is 1. The number of anilines is 1. The Morgan fingerprint density at radius 1 is 1.24 bits per heavy atom. The van der Waals surface area contributed by atoms with Crippen LogP contribution in [0.15, 0.2) is 42.2 Å². The van der Waals surface area contributed by atoms with E-state index in [1.165, 1.54) is 9.20 Å². The predicted octanol–water partition coefficient (Wildman–Crippen LogP) is -0.503.